The van der Waals surface area contributed by atoms with Crippen LogP contribution in [0.1, 0.15) is 26.3 Å². The molecule has 3 nitrogen and oxygen atoms in total. The molecule has 0 bridgehead atoms. The number of hydrogen-bond acceptors (Lipinski definition) is 3. The molecule has 90 valence electrons. The van der Waals surface area contributed by atoms with Gasteiger partial charge >= 0.3 is 0 Å². The SMILES string of the molecule is CN(Cc1ccncc1)C(CO)C(C)(C)C. The Morgan fingerprint density at radius 2 is 1.88 bits per heavy atom. The van der Waals surface area contributed by atoms with Crippen molar-refractivity contribution >= 4 is 0 Å². The molecule has 0 radical (unpaired) electrons. The molecule has 0 fully saturated rings. The first-order valence-corrected chi connectivity index (χ1v) is 5.65. The van der Waals surface area contributed by atoms with Gasteiger partial charge in [0.1, 0.15) is 0 Å². The highest BCUT2D eigenvalue weighted by Gasteiger charge is 2.27. The van der Waals surface area contributed by atoms with Crippen LogP contribution in [0.4, 0.5) is 0 Å². The molecule has 1 aromatic heterocycles. The van der Waals surface area contributed by atoms with Gasteiger partial charge in [0.25, 0.3) is 0 Å². The average molecular weight is 222 g/mol. The zero-order valence-electron chi connectivity index (χ0n) is 10.6. The minimum atomic E-state index is 0.0799. The van der Waals surface area contributed by atoms with Crippen LogP contribution in [-0.4, -0.2) is 34.7 Å². The van der Waals surface area contributed by atoms with Gasteiger partial charge in [0.15, 0.2) is 0 Å². The number of aromatic nitrogens is 1. The van der Waals surface area contributed by atoms with E-state index in [1.54, 1.807) is 12.4 Å². The van der Waals surface area contributed by atoms with Gasteiger partial charge in [-0.15, -0.1) is 0 Å². The van der Waals surface area contributed by atoms with Gasteiger partial charge in [-0.2, -0.15) is 0 Å². The summed E-state index contributed by atoms with van der Waals surface area (Å²) >= 11 is 0. The van der Waals surface area contributed by atoms with Crippen LogP contribution in [0.5, 0.6) is 0 Å². The highest BCUT2D eigenvalue weighted by molar-refractivity contribution is 5.09. The maximum absolute atomic E-state index is 9.46. The van der Waals surface area contributed by atoms with Crippen molar-refractivity contribution in [1.29, 1.82) is 0 Å². The molecule has 3 heteroatoms. The number of rotatable bonds is 4. The molecule has 0 aliphatic carbocycles. The number of likely N-dealkylation sites (N-methyl/N-ethyl adjacent to an activating group) is 1. The van der Waals surface area contributed by atoms with Crippen LogP contribution in [0.2, 0.25) is 0 Å². The quantitative estimate of drug-likeness (QED) is 0.845. The minimum absolute atomic E-state index is 0.0799. The average Bonchev–Trinajstić information content (AvgIpc) is 2.17. The monoisotopic (exact) mass is 222 g/mol. The third-order valence-corrected chi connectivity index (χ3v) is 2.89. The van der Waals surface area contributed by atoms with Crippen LogP contribution in [0.3, 0.4) is 0 Å². The normalized spacial score (nSPS) is 14.1. The second kappa shape index (κ2) is 5.41. The molecule has 1 unspecified atom stereocenters. The molecule has 1 heterocycles. The van der Waals surface area contributed by atoms with Crippen LogP contribution in [-0.2, 0) is 6.54 Å². The number of pyridine rings is 1. The van der Waals surface area contributed by atoms with Crippen molar-refractivity contribution in [2.75, 3.05) is 13.7 Å². The number of hydrogen-bond donors (Lipinski definition) is 1. The first-order valence-electron chi connectivity index (χ1n) is 5.65. The van der Waals surface area contributed by atoms with Crippen molar-refractivity contribution in [3.63, 3.8) is 0 Å². The van der Waals surface area contributed by atoms with E-state index in [9.17, 15) is 5.11 Å². The summed E-state index contributed by atoms with van der Waals surface area (Å²) in [6.45, 7) is 7.47. The predicted octanol–water partition coefficient (Wildman–Crippen LogP) is 1.92. The lowest BCUT2D eigenvalue weighted by Crippen LogP contribution is -2.43. The fourth-order valence-corrected chi connectivity index (χ4v) is 1.96. The lowest BCUT2D eigenvalue weighted by molar-refractivity contribution is 0.0614. The number of nitrogens with zero attached hydrogens (tertiary/aromatic N) is 2. The lowest BCUT2D eigenvalue weighted by Gasteiger charge is -2.36. The van der Waals surface area contributed by atoms with Crippen LogP contribution in [0.15, 0.2) is 24.5 Å². The van der Waals surface area contributed by atoms with Gasteiger partial charge in [0.2, 0.25) is 0 Å². The predicted molar refractivity (Wildman–Crippen MR) is 66.0 cm³/mol. The van der Waals surface area contributed by atoms with E-state index in [0.29, 0.717) is 0 Å². The molecule has 1 N–H and O–H groups in total. The fourth-order valence-electron chi connectivity index (χ4n) is 1.96. The van der Waals surface area contributed by atoms with Gasteiger partial charge in [-0.25, -0.2) is 0 Å². The van der Waals surface area contributed by atoms with Gasteiger partial charge in [0.05, 0.1) is 6.61 Å². The Labute approximate surface area is 98.1 Å². The first-order chi connectivity index (χ1) is 7.45. The molecule has 16 heavy (non-hydrogen) atoms. The highest BCUT2D eigenvalue weighted by atomic mass is 16.3. The largest absolute Gasteiger partial charge is 0.395 e. The summed E-state index contributed by atoms with van der Waals surface area (Å²) in [7, 11) is 2.05. The van der Waals surface area contributed by atoms with E-state index < -0.39 is 0 Å². The third kappa shape index (κ3) is 3.58. The molecule has 1 rings (SSSR count). The maximum atomic E-state index is 9.46. The molecule has 0 saturated heterocycles. The maximum Gasteiger partial charge on any atom is 0.0591 e. The Morgan fingerprint density at radius 1 is 1.31 bits per heavy atom. The van der Waals surface area contributed by atoms with Crippen molar-refractivity contribution in [2.45, 2.75) is 33.4 Å². The van der Waals surface area contributed by atoms with E-state index in [1.165, 1.54) is 5.56 Å². The van der Waals surface area contributed by atoms with Crippen molar-refractivity contribution in [3.05, 3.63) is 30.1 Å². The standard InChI is InChI=1S/C13H22N2O/c1-13(2,3)12(10-16)15(4)9-11-5-7-14-8-6-11/h5-8,12,16H,9-10H2,1-4H3. The van der Waals surface area contributed by atoms with E-state index >= 15 is 0 Å². The Hall–Kier alpha value is -0.930. The minimum Gasteiger partial charge on any atom is -0.395 e. The molecule has 1 atom stereocenters. The molecule has 0 aromatic carbocycles. The Morgan fingerprint density at radius 3 is 2.31 bits per heavy atom. The van der Waals surface area contributed by atoms with E-state index in [2.05, 4.69) is 30.7 Å². The molecule has 0 spiro atoms. The van der Waals surface area contributed by atoms with Crippen molar-refractivity contribution in [2.24, 2.45) is 5.41 Å². The summed E-state index contributed by atoms with van der Waals surface area (Å²) in [5.74, 6) is 0. The lowest BCUT2D eigenvalue weighted by atomic mass is 9.86. The zero-order chi connectivity index (χ0) is 12.2. The van der Waals surface area contributed by atoms with Crippen molar-refractivity contribution in [3.8, 4) is 0 Å². The number of aliphatic hydroxyl groups is 1. The number of aliphatic hydroxyl groups excluding tert-OH is 1. The topological polar surface area (TPSA) is 36.4 Å². The smallest absolute Gasteiger partial charge is 0.0591 e. The summed E-state index contributed by atoms with van der Waals surface area (Å²) in [6, 6.07) is 4.18. The molecular formula is C13H22N2O. The van der Waals surface area contributed by atoms with Crippen LogP contribution >= 0.6 is 0 Å². The summed E-state index contributed by atoms with van der Waals surface area (Å²) in [5.41, 5.74) is 1.30. The van der Waals surface area contributed by atoms with E-state index in [0.717, 1.165) is 6.54 Å². The van der Waals surface area contributed by atoms with E-state index in [1.807, 2.05) is 19.2 Å². The van der Waals surface area contributed by atoms with E-state index in [4.69, 9.17) is 0 Å². The van der Waals surface area contributed by atoms with E-state index in [-0.39, 0.29) is 18.1 Å². The van der Waals surface area contributed by atoms with Crippen LogP contribution in [0, 0.1) is 5.41 Å². The summed E-state index contributed by atoms with van der Waals surface area (Å²) in [4.78, 5) is 6.19. The van der Waals surface area contributed by atoms with Gasteiger partial charge < -0.3 is 5.11 Å². The van der Waals surface area contributed by atoms with Gasteiger partial charge in [-0.1, -0.05) is 20.8 Å². The molecule has 0 amide bonds. The van der Waals surface area contributed by atoms with Gasteiger partial charge in [0, 0.05) is 25.0 Å². The van der Waals surface area contributed by atoms with Gasteiger partial charge in [-0.3, -0.25) is 9.88 Å². The summed E-state index contributed by atoms with van der Waals surface area (Å²) < 4.78 is 0. The van der Waals surface area contributed by atoms with Crippen LogP contribution in [0.25, 0.3) is 0 Å². The fraction of sp³-hybridized carbons (Fsp3) is 0.615. The Bertz CT molecular complexity index is 305. The molecule has 0 aliphatic heterocycles. The first kappa shape index (κ1) is 13.1. The van der Waals surface area contributed by atoms with Crippen LogP contribution < -0.4 is 0 Å². The third-order valence-electron chi connectivity index (χ3n) is 2.89. The Balaban J connectivity index is 2.67. The van der Waals surface area contributed by atoms with Gasteiger partial charge in [-0.05, 0) is 30.2 Å². The molecule has 1 aromatic rings. The molecular weight excluding hydrogens is 200 g/mol. The molecule has 0 saturated carbocycles. The van der Waals surface area contributed by atoms with Crippen molar-refractivity contribution < 1.29 is 5.11 Å². The highest BCUT2D eigenvalue weighted by Crippen LogP contribution is 2.24. The summed E-state index contributed by atoms with van der Waals surface area (Å²) in [5, 5.41) is 9.46. The second-order valence-corrected chi connectivity index (χ2v) is 5.33. The Kier molecular flexibility index (Phi) is 4.44. The molecule has 0 aliphatic rings. The second-order valence-electron chi connectivity index (χ2n) is 5.33. The zero-order valence-corrected chi connectivity index (χ0v) is 10.6. The van der Waals surface area contributed by atoms with Crippen molar-refractivity contribution in [1.82, 2.24) is 9.88 Å². The summed E-state index contributed by atoms with van der Waals surface area (Å²) in [6.07, 6.45) is 3.60.